The fourth-order valence-electron chi connectivity index (χ4n) is 2.09. The third-order valence-electron chi connectivity index (χ3n) is 2.97. The van der Waals surface area contributed by atoms with E-state index in [0.717, 1.165) is 36.7 Å². The monoisotopic (exact) mass is 260 g/mol. The Hall–Kier alpha value is -1.65. The Morgan fingerprint density at radius 1 is 1.28 bits per heavy atom. The zero-order chi connectivity index (χ0) is 12.4. The van der Waals surface area contributed by atoms with E-state index in [1.165, 1.54) is 5.56 Å². The quantitative estimate of drug-likeness (QED) is 0.871. The molecule has 1 aliphatic heterocycles. The normalized spacial score (nSPS) is 14.1. The molecule has 1 aliphatic rings. The van der Waals surface area contributed by atoms with Crippen LogP contribution in [-0.4, -0.2) is 16.5 Å². The lowest BCUT2D eigenvalue weighted by molar-refractivity contribution is 0.624. The molecule has 0 atom stereocenters. The highest BCUT2D eigenvalue weighted by Gasteiger charge is 2.14. The first-order valence-corrected chi connectivity index (χ1v) is 6.27. The Bertz CT molecular complexity index is 571. The molecule has 18 heavy (non-hydrogen) atoms. The molecule has 2 heterocycles. The molecule has 3 rings (SSSR count). The van der Waals surface area contributed by atoms with Crippen LogP contribution in [0, 0.1) is 0 Å². The van der Waals surface area contributed by atoms with Crippen LogP contribution in [0.25, 0.3) is 0 Å². The van der Waals surface area contributed by atoms with Crippen molar-refractivity contribution in [3.63, 3.8) is 0 Å². The minimum Gasteiger partial charge on any atom is -0.340 e. The number of benzene rings is 1. The maximum absolute atomic E-state index is 5.97. The van der Waals surface area contributed by atoms with Crippen LogP contribution in [-0.2, 0) is 13.0 Å². The van der Waals surface area contributed by atoms with Crippen LogP contribution in [0.1, 0.15) is 11.3 Å². The predicted octanol–water partition coefficient (Wildman–Crippen LogP) is 2.52. The average molecular weight is 261 g/mol. The third-order valence-corrected chi connectivity index (χ3v) is 3.20. The molecule has 0 spiro atoms. The van der Waals surface area contributed by atoms with Gasteiger partial charge in [-0.15, -0.1) is 0 Å². The van der Waals surface area contributed by atoms with Crippen LogP contribution in [0.4, 0.5) is 11.5 Å². The molecule has 1 aromatic carbocycles. The minimum absolute atomic E-state index is 0.713. The molecule has 0 fully saturated rings. The van der Waals surface area contributed by atoms with E-state index in [9.17, 15) is 0 Å². The molecule has 5 heteroatoms. The van der Waals surface area contributed by atoms with Crippen molar-refractivity contribution in [1.82, 2.24) is 15.3 Å². The number of anilines is 2. The fourth-order valence-corrected chi connectivity index (χ4v) is 2.28. The first-order chi connectivity index (χ1) is 8.83. The van der Waals surface area contributed by atoms with Crippen molar-refractivity contribution < 1.29 is 0 Å². The number of fused-ring (bicyclic) bond motifs is 1. The molecule has 0 amide bonds. The summed E-state index contributed by atoms with van der Waals surface area (Å²) < 4.78 is 0. The Morgan fingerprint density at radius 2 is 2.22 bits per heavy atom. The first-order valence-electron chi connectivity index (χ1n) is 5.89. The third kappa shape index (κ3) is 2.30. The Balaban J connectivity index is 1.93. The van der Waals surface area contributed by atoms with Crippen LogP contribution >= 0.6 is 11.6 Å². The average Bonchev–Trinajstić information content (AvgIpc) is 2.39. The number of aromatic nitrogens is 2. The van der Waals surface area contributed by atoms with Crippen LogP contribution in [0.3, 0.4) is 0 Å². The molecule has 0 bridgehead atoms. The summed E-state index contributed by atoms with van der Waals surface area (Å²) in [6.45, 7) is 1.77. The van der Waals surface area contributed by atoms with E-state index in [0.29, 0.717) is 5.02 Å². The van der Waals surface area contributed by atoms with Gasteiger partial charge in [0.05, 0.1) is 5.69 Å². The smallest absolute Gasteiger partial charge is 0.137 e. The second-order valence-corrected chi connectivity index (χ2v) is 4.65. The number of nitrogens with one attached hydrogen (secondary N) is 2. The van der Waals surface area contributed by atoms with E-state index in [2.05, 4.69) is 20.6 Å². The largest absolute Gasteiger partial charge is 0.340 e. The molecule has 4 nitrogen and oxygen atoms in total. The van der Waals surface area contributed by atoms with Crippen molar-refractivity contribution in [1.29, 1.82) is 0 Å². The molecule has 0 unspecified atom stereocenters. The fraction of sp³-hybridized carbons (Fsp3) is 0.231. The van der Waals surface area contributed by atoms with E-state index in [1.54, 1.807) is 6.33 Å². The Kier molecular flexibility index (Phi) is 3.13. The van der Waals surface area contributed by atoms with Gasteiger partial charge in [-0.1, -0.05) is 17.7 Å². The lowest BCUT2D eigenvalue weighted by Crippen LogP contribution is -2.25. The number of rotatable bonds is 2. The van der Waals surface area contributed by atoms with Gasteiger partial charge in [-0.25, -0.2) is 9.97 Å². The van der Waals surface area contributed by atoms with Crippen molar-refractivity contribution >= 4 is 23.1 Å². The molecular formula is C13H13ClN4. The van der Waals surface area contributed by atoms with E-state index >= 15 is 0 Å². The van der Waals surface area contributed by atoms with Crippen LogP contribution < -0.4 is 10.6 Å². The van der Waals surface area contributed by atoms with Gasteiger partial charge in [0.25, 0.3) is 0 Å². The van der Waals surface area contributed by atoms with Gasteiger partial charge in [0.15, 0.2) is 0 Å². The molecule has 2 N–H and O–H groups in total. The first kappa shape index (κ1) is 11.4. The molecule has 0 saturated heterocycles. The lowest BCUT2D eigenvalue weighted by atomic mass is 10.1. The lowest BCUT2D eigenvalue weighted by Gasteiger charge is -2.19. The zero-order valence-corrected chi connectivity index (χ0v) is 10.5. The highest BCUT2D eigenvalue weighted by Crippen LogP contribution is 2.24. The van der Waals surface area contributed by atoms with Crippen molar-refractivity contribution in [2.75, 3.05) is 11.9 Å². The van der Waals surface area contributed by atoms with E-state index in [4.69, 9.17) is 11.6 Å². The summed E-state index contributed by atoms with van der Waals surface area (Å²) >= 11 is 5.97. The van der Waals surface area contributed by atoms with Gasteiger partial charge in [-0.2, -0.15) is 0 Å². The second-order valence-electron chi connectivity index (χ2n) is 4.21. The summed E-state index contributed by atoms with van der Waals surface area (Å²) in [6, 6.07) is 7.63. The SMILES string of the molecule is Clc1cccc(Nc2ncnc3c2CCNC3)c1. The molecule has 0 saturated carbocycles. The van der Waals surface area contributed by atoms with Crippen molar-refractivity contribution in [3.05, 3.63) is 46.9 Å². The van der Waals surface area contributed by atoms with Gasteiger partial charge in [0.2, 0.25) is 0 Å². The molecule has 92 valence electrons. The number of hydrogen-bond donors (Lipinski definition) is 2. The highest BCUT2D eigenvalue weighted by atomic mass is 35.5. The topological polar surface area (TPSA) is 49.8 Å². The summed E-state index contributed by atoms with van der Waals surface area (Å²) in [4.78, 5) is 8.62. The number of hydrogen-bond acceptors (Lipinski definition) is 4. The van der Waals surface area contributed by atoms with Crippen molar-refractivity contribution in [3.8, 4) is 0 Å². The minimum atomic E-state index is 0.713. The molecule has 1 aromatic heterocycles. The van der Waals surface area contributed by atoms with E-state index in [-0.39, 0.29) is 0 Å². The van der Waals surface area contributed by atoms with Crippen molar-refractivity contribution in [2.24, 2.45) is 0 Å². The van der Waals surface area contributed by atoms with Gasteiger partial charge in [-0.3, -0.25) is 0 Å². The molecule has 2 aromatic rings. The summed E-state index contributed by atoms with van der Waals surface area (Å²) in [6.07, 6.45) is 2.54. The molecular weight excluding hydrogens is 248 g/mol. The standard InChI is InChI=1S/C13H13ClN4/c14-9-2-1-3-10(6-9)18-13-11-4-5-15-7-12(11)16-8-17-13/h1-3,6,8,15H,4-5,7H2,(H,16,17,18). The van der Waals surface area contributed by atoms with Crippen molar-refractivity contribution in [2.45, 2.75) is 13.0 Å². The summed E-state index contributed by atoms with van der Waals surface area (Å²) in [7, 11) is 0. The Morgan fingerprint density at radius 3 is 3.11 bits per heavy atom. The maximum Gasteiger partial charge on any atom is 0.137 e. The van der Waals surface area contributed by atoms with Crippen LogP contribution in [0.2, 0.25) is 5.02 Å². The zero-order valence-electron chi connectivity index (χ0n) is 9.78. The van der Waals surface area contributed by atoms with Gasteiger partial charge in [0.1, 0.15) is 12.1 Å². The summed E-state index contributed by atoms with van der Waals surface area (Å²) in [5, 5.41) is 7.32. The Labute approximate surface area is 110 Å². The molecule has 0 radical (unpaired) electrons. The van der Waals surface area contributed by atoms with Gasteiger partial charge in [-0.05, 0) is 31.2 Å². The van der Waals surface area contributed by atoms with Gasteiger partial charge >= 0.3 is 0 Å². The number of nitrogens with zero attached hydrogens (tertiary/aromatic N) is 2. The van der Waals surface area contributed by atoms with E-state index in [1.807, 2.05) is 24.3 Å². The maximum atomic E-state index is 5.97. The van der Waals surface area contributed by atoms with Crippen LogP contribution in [0.15, 0.2) is 30.6 Å². The van der Waals surface area contributed by atoms with Crippen LogP contribution in [0.5, 0.6) is 0 Å². The summed E-state index contributed by atoms with van der Waals surface area (Å²) in [5.74, 6) is 0.878. The predicted molar refractivity (Wildman–Crippen MR) is 72.2 cm³/mol. The summed E-state index contributed by atoms with van der Waals surface area (Å²) in [5.41, 5.74) is 3.21. The van der Waals surface area contributed by atoms with E-state index < -0.39 is 0 Å². The van der Waals surface area contributed by atoms with Gasteiger partial charge < -0.3 is 10.6 Å². The highest BCUT2D eigenvalue weighted by molar-refractivity contribution is 6.30. The van der Waals surface area contributed by atoms with Gasteiger partial charge in [0, 0.05) is 22.8 Å². The number of halogens is 1. The molecule has 0 aliphatic carbocycles. The second kappa shape index (κ2) is 4.92.